The Bertz CT molecular complexity index is 477. The molecule has 0 amide bonds. The van der Waals surface area contributed by atoms with Crippen LogP contribution in [0.4, 0.5) is 4.39 Å². The summed E-state index contributed by atoms with van der Waals surface area (Å²) < 4.78 is 24.4. The van der Waals surface area contributed by atoms with E-state index in [0.717, 1.165) is 50.3 Å². The summed E-state index contributed by atoms with van der Waals surface area (Å²) in [5.74, 6) is 1.16. The van der Waals surface area contributed by atoms with E-state index in [-0.39, 0.29) is 17.5 Å². The van der Waals surface area contributed by atoms with E-state index in [9.17, 15) is 4.39 Å². The lowest BCUT2D eigenvalue weighted by Gasteiger charge is -2.37. The maximum absolute atomic E-state index is 13.2. The van der Waals surface area contributed by atoms with Crippen LogP contribution in [0.3, 0.4) is 0 Å². The Hall–Kier alpha value is -0.840. The third-order valence-electron chi connectivity index (χ3n) is 4.17. The smallest absolute Gasteiger partial charge is 0.123 e. The first-order chi connectivity index (χ1) is 9.71. The number of hydrogen-bond acceptors (Lipinski definition) is 3. The zero-order valence-corrected chi connectivity index (χ0v) is 12.1. The highest BCUT2D eigenvalue weighted by atomic mass is 35.5. The molecule has 1 unspecified atom stereocenters. The lowest BCUT2D eigenvalue weighted by molar-refractivity contribution is 0.0426. The molecule has 0 aromatic heterocycles. The average Bonchev–Trinajstić information content (AvgIpc) is 2.88. The van der Waals surface area contributed by atoms with E-state index in [0.29, 0.717) is 5.88 Å². The minimum Gasteiger partial charge on any atom is -0.488 e. The minimum absolute atomic E-state index is 0.0507. The molecule has 2 heterocycles. The zero-order valence-electron chi connectivity index (χ0n) is 11.3. The van der Waals surface area contributed by atoms with Crippen LogP contribution >= 0.6 is 11.6 Å². The average molecular weight is 300 g/mol. The van der Waals surface area contributed by atoms with E-state index in [1.807, 2.05) is 0 Å². The summed E-state index contributed by atoms with van der Waals surface area (Å²) in [5.41, 5.74) is 0.895. The second kappa shape index (κ2) is 5.88. The van der Waals surface area contributed by atoms with E-state index in [4.69, 9.17) is 21.1 Å². The number of ether oxygens (including phenoxy) is 2. The van der Waals surface area contributed by atoms with E-state index in [1.54, 1.807) is 12.1 Å². The fourth-order valence-electron chi connectivity index (χ4n) is 2.85. The molecule has 0 spiro atoms. The Balaban J connectivity index is 1.57. The molecule has 0 saturated carbocycles. The third-order valence-corrected chi connectivity index (χ3v) is 4.69. The summed E-state index contributed by atoms with van der Waals surface area (Å²) in [6.45, 7) is 2.22. The summed E-state index contributed by atoms with van der Waals surface area (Å²) in [6, 6.07) is 4.70. The van der Waals surface area contributed by atoms with Crippen LogP contribution < -0.4 is 10.1 Å². The predicted molar refractivity (Wildman–Crippen MR) is 76.0 cm³/mol. The molecule has 2 aliphatic rings. The highest BCUT2D eigenvalue weighted by Gasteiger charge is 2.33. The van der Waals surface area contributed by atoms with Gasteiger partial charge in [0, 0.05) is 43.2 Å². The van der Waals surface area contributed by atoms with Crippen LogP contribution in [0.25, 0.3) is 0 Å². The van der Waals surface area contributed by atoms with Gasteiger partial charge in [-0.2, -0.15) is 0 Å². The first-order valence-electron chi connectivity index (χ1n) is 7.05. The summed E-state index contributed by atoms with van der Waals surface area (Å²) >= 11 is 6.12. The summed E-state index contributed by atoms with van der Waals surface area (Å²) in [7, 11) is 0. The fourth-order valence-corrected chi connectivity index (χ4v) is 3.21. The molecule has 5 heteroatoms. The highest BCUT2D eigenvalue weighted by Crippen LogP contribution is 2.30. The molecule has 1 aromatic rings. The standard InChI is InChI=1S/C15H19ClFNO2/c16-10-15(3-5-19-6-4-15)18-9-13-8-11-7-12(17)1-2-14(11)20-13/h1-2,7,13,18H,3-6,8-10H2. The van der Waals surface area contributed by atoms with Crippen LogP contribution in [0.1, 0.15) is 18.4 Å². The second-order valence-electron chi connectivity index (χ2n) is 5.60. The molecule has 20 heavy (non-hydrogen) atoms. The summed E-state index contributed by atoms with van der Waals surface area (Å²) in [4.78, 5) is 0. The van der Waals surface area contributed by atoms with Crippen molar-refractivity contribution in [3.63, 3.8) is 0 Å². The number of fused-ring (bicyclic) bond motifs is 1. The summed E-state index contributed by atoms with van der Waals surface area (Å²) in [5, 5.41) is 3.55. The van der Waals surface area contributed by atoms with Gasteiger partial charge in [-0.25, -0.2) is 4.39 Å². The molecule has 110 valence electrons. The van der Waals surface area contributed by atoms with Crippen LogP contribution in [-0.4, -0.2) is 37.3 Å². The Morgan fingerprint density at radius 3 is 2.90 bits per heavy atom. The van der Waals surface area contributed by atoms with E-state index in [1.165, 1.54) is 6.07 Å². The topological polar surface area (TPSA) is 30.5 Å². The molecule has 1 saturated heterocycles. The van der Waals surface area contributed by atoms with Gasteiger partial charge in [0.1, 0.15) is 17.7 Å². The van der Waals surface area contributed by atoms with Crippen LogP contribution in [-0.2, 0) is 11.2 Å². The van der Waals surface area contributed by atoms with E-state index >= 15 is 0 Å². The fraction of sp³-hybridized carbons (Fsp3) is 0.600. The van der Waals surface area contributed by atoms with Gasteiger partial charge < -0.3 is 14.8 Å². The number of halogens is 2. The molecule has 1 aromatic carbocycles. The Morgan fingerprint density at radius 2 is 2.15 bits per heavy atom. The van der Waals surface area contributed by atoms with Crippen LogP contribution in [0.2, 0.25) is 0 Å². The molecule has 0 radical (unpaired) electrons. The number of hydrogen-bond donors (Lipinski definition) is 1. The van der Waals surface area contributed by atoms with Crippen molar-refractivity contribution in [3.8, 4) is 5.75 Å². The van der Waals surface area contributed by atoms with Gasteiger partial charge in [-0.1, -0.05) is 0 Å². The Kier molecular flexibility index (Phi) is 4.15. The Morgan fingerprint density at radius 1 is 1.35 bits per heavy atom. The lowest BCUT2D eigenvalue weighted by Crippen LogP contribution is -2.53. The number of benzene rings is 1. The van der Waals surface area contributed by atoms with Gasteiger partial charge >= 0.3 is 0 Å². The van der Waals surface area contributed by atoms with Gasteiger partial charge in [0.15, 0.2) is 0 Å². The number of nitrogens with one attached hydrogen (secondary N) is 1. The van der Waals surface area contributed by atoms with Gasteiger partial charge in [-0.15, -0.1) is 11.6 Å². The van der Waals surface area contributed by atoms with Crippen molar-refractivity contribution in [2.75, 3.05) is 25.6 Å². The van der Waals surface area contributed by atoms with Crippen LogP contribution in [0.5, 0.6) is 5.75 Å². The number of alkyl halides is 1. The van der Waals surface area contributed by atoms with Gasteiger partial charge in [0.2, 0.25) is 0 Å². The van der Waals surface area contributed by atoms with Crippen molar-refractivity contribution in [2.24, 2.45) is 0 Å². The molecule has 0 aliphatic carbocycles. The van der Waals surface area contributed by atoms with Gasteiger partial charge in [0.25, 0.3) is 0 Å². The molecule has 1 N–H and O–H groups in total. The molecule has 2 aliphatic heterocycles. The highest BCUT2D eigenvalue weighted by molar-refractivity contribution is 6.18. The number of rotatable bonds is 4. The molecule has 1 fully saturated rings. The molecular formula is C15H19ClFNO2. The normalized spacial score (nSPS) is 24.2. The molecular weight excluding hydrogens is 281 g/mol. The van der Waals surface area contributed by atoms with Gasteiger partial charge in [0.05, 0.1) is 0 Å². The van der Waals surface area contributed by atoms with Crippen LogP contribution in [0, 0.1) is 5.82 Å². The van der Waals surface area contributed by atoms with Crippen molar-refractivity contribution in [1.82, 2.24) is 5.32 Å². The summed E-state index contributed by atoms with van der Waals surface area (Å²) in [6.07, 6.45) is 2.64. The van der Waals surface area contributed by atoms with Crippen molar-refractivity contribution in [3.05, 3.63) is 29.6 Å². The Labute approximate surface area is 123 Å². The van der Waals surface area contributed by atoms with Crippen molar-refractivity contribution < 1.29 is 13.9 Å². The van der Waals surface area contributed by atoms with Crippen molar-refractivity contribution >= 4 is 11.6 Å². The predicted octanol–water partition coefficient (Wildman–Crippen LogP) is 2.51. The minimum atomic E-state index is -0.206. The maximum Gasteiger partial charge on any atom is 0.123 e. The quantitative estimate of drug-likeness (QED) is 0.867. The van der Waals surface area contributed by atoms with Gasteiger partial charge in [-0.05, 0) is 31.0 Å². The third kappa shape index (κ3) is 2.92. The molecule has 1 atom stereocenters. The lowest BCUT2D eigenvalue weighted by atomic mass is 9.92. The van der Waals surface area contributed by atoms with Crippen LogP contribution in [0.15, 0.2) is 18.2 Å². The molecule has 3 nitrogen and oxygen atoms in total. The van der Waals surface area contributed by atoms with E-state index < -0.39 is 0 Å². The first kappa shape index (κ1) is 14.1. The molecule has 0 bridgehead atoms. The van der Waals surface area contributed by atoms with Gasteiger partial charge in [-0.3, -0.25) is 0 Å². The zero-order chi connectivity index (χ0) is 14.0. The van der Waals surface area contributed by atoms with E-state index in [2.05, 4.69) is 5.32 Å². The second-order valence-corrected chi connectivity index (χ2v) is 5.87. The first-order valence-corrected chi connectivity index (χ1v) is 7.58. The molecule has 3 rings (SSSR count). The SMILES string of the molecule is Fc1ccc2c(c1)CC(CNC1(CCl)CCOCC1)O2. The largest absolute Gasteiger partial charge is 0.488 e. The van der Waals surface area contributed by atoms with Crippen molar-refractivity contribution in [1.29, 1.82) is 0 Å². The van der Waals surface area contributed by atoms with Crippen molar-refractivity contribution in [2.45, 2.75) is 30.9 Å². The maximum atomic E-state index is 13.2. The monoisotopic (exact) mass is 299 g/mol.